The molecule has 624 valence electrons. The highest BCUT2D eigenvalue weighted by Crippen LogP contribution is 2.58. The molecule has 0 spiro atoms. The van der Waals surface area contributed by atoms with Crippen LogP contribution in [0.2, 0.25) is 0 Å². The number of esters is 2. The Balaban J connectivity index is 0.000000349. The van der Waals surface area contributed by atoms with Crippen LogP contribution in [0.1, 0.15) is 225 Å². The third kappa shape index (κ3) is 23.3. The molecule has 26 heteroatoms. The molecule has 4 nitrogen and oxygen atoms in total. The maximum absolute atomic E-state index is 15.4. The molecule has 0 bridgehead atoms. The van der Waals surface area contributed by atoms with Crippen LogP contribution in [0.3, 0.4) is 0 Å². The average molecular weight is 1650 g/mol. The first-order valence-corrected chi connectivity index (χ1v) is 41.7. The van der Waals surface area contributed by atoms with Gasteiger partial charge in [-0.2, -0.15) is 0 Å². The summed E-state index contributed by atoms with van der Waals surface area (Å²) in [5.41, 5.74) is -12.8. The lowest BCUT2D eigenvalue weighted by atomic mass is 9.12. The van der Waals surface area contributed by atoms with Gasteiger partial charge in [-0.05, 0) is 54.8 Å². The number of carbonyl (C=O) groups is 2. The van der Waals surface area contributed by atoms with Gasteiger partial charge >= 0.3 is 11.9 Å². The highest BCUT2D eigenvalue weighted by Gasteiger charge is 2.53. The van der Waals surface area contributed by atoms with Crippen molar-refractivity contribution < 1.29 is 107 Å². The van der Waals surface area contributed by atoms with Gasteiger partial charge < -0.3 is 9.47 Å². The van der Waals surface area contributed by atoms with Crippen LogP contribution >= 0.6 is 7.26 Å². The SMILES string of the molecule is CCCCCCCCCCCCCCCCCCOC(=O)C(C(=O)OCCCCCCCCCCCCCCCCCC)=C(C[P+](c1ccccc1)(c1ccccc1)c1ccccc1)c1ccccc1.Fc1c(F)c(F)c([B-](c2c(F)c(F)c(F)c(F)c2F)(c2c(F)c(F)c(F)c(F)c2F)c2c(F)c(F)c(F)c(F)c2F)c(F)c1F. The minimum Gasteiger partial charge on any atom is -0.462 e. The number of hydrogen-bond acceptors (Lipinski definition) is 4. The second kappa shape index (κ2) is 47.1. The van der Waals surface area contributed by atoms with E-state index >= 15 is 35.1 Å². The van der Waals surface area contributed by atoms with E-state index in [0.29, 0.717) is 11.7 Å². The minimum absolute atomic E-state index is 0.0337. The molecule has 8 aromatic carbocycles. The summed E-state index contributed by atoms with van der Waals surface area (Å²) in [5, 5.41) is 3.55. The molecular formula is C89H96BF20O4P. The van der Waals surface area contributed by atoms with Gasteiger partial charge in [-0.25, -0.2) is 97.4 Å². The lowest BCUT2D eigenvalue weighted by Gasteiger charge is -2.44. The molecule has 0 radical (unpaired) electrons. The standard InChI is InChI=1S/C65H96O4P.C24BF20/c1-3-5-7-9-11-13-15-17-19-21-23-25-27-29-31-45-55-68-64(66)63(65(67)69-56-46-32-30-28-26-24-22-20-18-16-14-12-10-8-6-4-2)62(58-47-37-33-38-48-58)57-70(59-49-39-34-40-50-59,60-51-41-35-42-52-60)61-53-43-36-44-54-61;26-5-1(6(27)14(35)21(42)13(5)34)25(2-7(28)15(36)22(43)16(37)8(2)29,3-9(30)17(38)23(44)18(39)10(3)31)4-11(32)19(40)24(45)20(41)12(4)33/h33-44,47-54H,3-32,45-46,55-57H2,1-2H3;/q+1;-1. The van der Waals surface area contributed by atoms with Crippen LogP contribution in [-0.4, -0.2) is 37.5 Å². The zero-order valence-electron chi connectivity index (χ0n) is 64.5. The van der Waals surface area contributed by atoms with E-state index in [0.717, 1.165) is 44.1 Å². The van der Waals surface area contributed by atoms with Crippen molar-refractivity contribution in [3.05, 3.63) is 249 Å². The first kappa shape index (κ1) is 93.7. The summed E-state index contributed by atoms with van der Waals surface area (Å²) in [7, 11) is -2.51. The summed E-state index contributed by atoms with van der Waals surface area (Å²) in [6.07, 6.45) is 34.2. The van der Waals surface area contributed by atoms with Crippen LogP contribution in [0.15, 0.2) is 127 Å². The van der Waals surface area contributed by atoms with E-state index in [9.17, 15) is 62.3 Å². The molecule has 0 amide bonds. The molecule has 8 rings (SSSR count). The Labute approximate surface area is 660 Å². The van der Waals surface area contributed by atoms with Crippen molar-refractivity contribution >= 4 is 68.7 Å². The van der Waals surface area contributed by atoms with Gasteiger partial charge in [0.25, 0.3) is 0 Å². The van der Waals surface area contributed by atoms with E-state index < -0.39 is 164 Å². The molecule has 115 heavy (non-hydrogen) atoms. The lowest BCUT2D eigenvalue weighted by molar-refractivity contribution is -0.147. The van der Waals surface area contributed by atoms with Crippen LogP contribution in [0.5, 0.6) is 0 Å². The van der Waals surface area contributed by atoms with Gasteiger partial charge in [0.05, 0.1) is 13.2 Å². The maximum atomic E-state index is 15.4. The number of rotatable bonds is 46. The second-order valence-electron chi connectivity index (χ2n) is 28.9. The Morgan fingerprint density at radius 2 is 0.435 bits per heavy atom. The summed E-state index contributed by atoms with van der Waals surface area (Å²) in [4.78, 5) is 29.3. The Kier molecular flexibility index (Phi) is 38.3. The molecule has 0 atom stereocenters. The molecule has 0 heterocycles. The fourth-order valence-electron chi connectivity index (χ4n) is 14.9. The van der Waals surface area contributed by atoms with E-state index in [2.05, 4.69) is 105 Å². The first-order valence-electron chi connectivity index (χ1n) is 39.7. The number of allylic oxidation sites excluding steroid dienone is 1. The summed E-state index contributed by atoms with van der Waals surface area (Å²) >= 11 is 0. The number of hydrogen-bond donors (Lipinski definition) is 0. The number of carbonyl (C=O) groups excluding carboxylic acids is 2. The first-order chi connectivity index (χ1) is 55.3. The van der Waals surface area contributed by atoms with E-state index in [1.807, 2.05) is 30.3 Å². The fraction of sp³-hybridized carbons (Fsp3) is 0.416. The average Bonchev–Trinajstić information content (AvgIpc) is 0.680. The van der Waals surface area contributed by atoms with Crippen LogP contribution in [0.4, 0.5) is 87.8 Å². The van der Waals surface area contributed by atoms with Crippen LogP contribution in [-0.2, 0) is 19.1 Å². The van der Waals surface area contributed by atoms with Crippen molar-refractivity contribution in [2.75, 3.05) is 19.4 Å². The zero-order valence-corrected chi connectivity index (χ0v) is 65.4. The zero-order chi connectivity index (χ0) is 83.8. The normalized spacial score (nSPS) is 11.6. The second-order valence-corrected chi connectivity index (χ2v) is 32.4. The van der Waals surface area contributed by atoms with E-state index in [4.69, 9.17) is 9.47 Å². The summed E-state index contributed by atoms with van der Waals surface area (Å²) in [5.74, 6) is -72.6. The Hall–Kier alpha value is -8.47. The lowest BCUT2D eigenvalue weighted by Crippen LogP contribution is -2.81. The maximum Gasteiger partial charge on any atom is 0.346 e. The van der Waals surface area contributed by atoms with Gasteiger partial charge in [-0.1, -0.05) is 291 Å². The Morgan fingerprint density at radius 1 is 0.252 bits per heavy atom. The van der Waals surface area contributed by atoms with Gasteiger partial charge in [-0.3, -0.25) is 0 Å². The van der Waals surface area contributed by atoms with Crippen LogP contribution in [0.25, 0.3) is 5.57 Å². The smallest absolute Gasteiger partial charge is 0.346 e. The summed E-state index contributed by atoms with van der Waals surface area (Å²) in [6.45, 7) is 5.14. The highest BCUT2D eigenvalue weighted by atomic mass is 31.2. The molecule has 0 aliphatic rings. The molecule has 0 aliphatic heterocycles. The number of benzene rings is 8. The fourth-order valence-corrected chi connectivity index (χ4v) is 19.2. The Morgan fingerprint density at radius 3 is 0.643 bits per heavy atom. The molecule has 0 aliphatic carbocycles. The van der Waals surface area contributed by atoms with E-state index in [1.165, 1.54) is 183 Å². The van der Waals surface area contributed by atoms with Gasteiger partial charge in [0.15, 0.2) is 75.4 Å². The number of unbranched alkanes of at least 4 members (excludes halogenated alkanes) is 30. The van der Waals surface area contributed by atoms with Gasteiger partial charge in [0, 0.05) is 5.57 Å². The van der Waals surface area contributed by atoms with Crippen LogP contribution < -0.4 is 37.8 Å². The predicted octanol–water partition coefficient (Wildman–Crippen LogP) is 23.9. The van der Waals surface area contributed by atoms with Crippen LogP contribution in [0, 0.1) is 116 Å². The quantitative estimate of drug-likeness (QED) is 0.00365. The largest absolute Gasteiger partial charge is 0.462 e. The molecule has 0 fully saturated rings. The Bertz CT molecular complexity index is 3930. The molecule has 0 saturated carbocycles. The van der Waals surface area contributed by atoms with Gasteiger partial charge in [0.2, 0.25) is 0 Å². The molecule has 0 unspecified atom stereocenters. The van der Waals surface area contributed by atoms with Crippen molar-refractivity contribution in [2.45, 2.75) is 219 Å². The predicted molar refractivity (Wildman–Crippen MR) is 414 cm³/mol. The molecular weight excluding hydrogens is 1550 g/mol. The minimum atomic E-state index is -7.22. The molecule has 8 aromatic rings. The van der Waals surface area contributed by atoms with Crippen molar-refractivity contribution in [2.24, 2.45) is 0 Å². The van der Waals surface area contributed by atoms with Crippen molar-refractivity contribution in [1.82, 2.24) is 0 Å². The number of halogens is 20. The molecule has 0 saturated heterocycles. The topological polar surface area (TPSA) is 52.6 Å². The summed E-state index contributed by atoms with van der Waals surface area (Å²) < 4.78 is 306. The summed E-state index contributed by atoms with van der Waals surface area (Å²) in [6, 6.07) is 42.0. The number of ether oxygens (including phenoxy) is 2. The third-order valence-electron chi connectivity index (χ3n) is 21.0. The highest BCUT2D eigenvalue weighted by molar-refractivity contribution is 7.96. The van der Waals surface area contributed by atoms with Gasteiger partial charge in [0.1, 0.15) is 82.0 Å². The molecule has 0 N–H and O–H groups in total. The molecule has 0 aromatic heterocycles. The van der Waals surface area contributed by atoms with Gasteiger partial charge in [-0.15, -0.1) is 21.9 Å². The van der Waals surface area contributed by atoms with E-state index in [-0.39, 0.29) is 18.8 Å². The van der Waals surface area contributed by atoms with Crippen molar-refractivity contribution in [1.29, 1.82) is 0 Å². The monoisotopic (exact) mass is 1650 g/mol. The third-order valence-corrected chi connectivity index (χ3v) is 25.3. The van der Waals surface area contributed by atoms with Crippen molar-refractivity contribution in [3.63, 3.8) is 0 Å². The van der Waals surface area contributed by atoms with E-state index in [1.54, 1.807) is 0 Å². The van der Waals surface area contributed by atoms with Crippen molar-refractivity contribution in [3.8, 4) is 0 Å².